The van der Waals surface area contributed by atoms with Gasteiger partial charge in [-0.15, -0.1) is 11.3 Å². The molecule has 0 unspecified atom stereocenters. The summed E-state index contributed by atoms with van der Waals surface area (Å²) in [6, 6.07) is 0. The van der Waals surface area contributed by atoms with Crippen molar-refractivity contribution in [3.8, 4) is 0 Å². The van der Waals surface area contributed by atoms with E-state index in [0.717, 1.165) is 11.1 Å². The molecule has 1 nitrogen and oxygen atoms in total. The summed E-state index contributed by atoms with van der Waals surface area (Å²) in [6.45, 7) is 4.25. The van der Waals surface area contributed by atoms with Gasteiger partial charge in [0.05, 0.1) is 5.69 Å². The van der Waals surface area contributed by atoms with Gasteiger partial charge in [-0.25, -0.2) is 4.98 Å². The molecule has 0 fully saturated rings. The minimum absolute atomic E-state index is 0.938. The lowest BCUT2D eigenvalue weighted by molar-refractivity contribution is 1.16. The highest BCUT2D eigenvalue weighted by molar-refractivity contribution is 9.08. The average Bonchev–Trinajstić information content (AvgIpc) is 2.43. The average molecular weight is 266 g/mol. The summed E-state index contributed by atoms with van der Waals surface area (Å²) >= 11 is 7.20. The zero-order valence-electron chi connectivity index (χ0n) is 7.26. The molecule has 0 N–H and O–H groups in total. The minimum atomic E-state index is 0.938. The van der Waals surface area contributed by atoms with Crippen molar-refractivity contribution in [2.75, 3.05) is 5.75 Å². The van der Waals surface area contributed by atoms with E-state index >= 15 is 0 Å². The zero-order valence-corrected chi connectivity index (χ0v) is 10.5. The molecule has 68 valence electrons. The van der Waals surface area contributed by atoms with E-state index in [9.17, 15) is 0 Å². The van der Waals surface area contributed by atoms with Crippen molar-refractivity contribution in [2.45, 2.75) is 24.9 Å². The van der Waals surface area contributed by atoms with Crippen LogP contribution in [-0.2, 0) is 11.1 Å². The van der Waals surface area contributed by atoms with E-state index < -0.39 is 0 Å². The third-order valence-electron chi connectivity index (χ3n) is 1.49. The van der Waals surface area contributed by atoms with Crippen molar-refractivity contribution in [3.05, 3.63) is 15.6 Å². The van der Waals surface area contributed by atoms with Crippen molar-refractivity contribution in [2.24, 2.45) is 0 Å². The molecule has 0 saturated carbocycles. The molecule has 4 heteroatoms. The van der Waals surface area contributed by atoms with Crippen LogP contribution in [0.5, 0.6) is 0 Å². The monoisotopic (exact) mass is 265 g/mol. The summed E-state index contributed by atoms with van der Waals surface area (Å²) in [4.78, 5) is 5.85. The van der Waals surface area contributed by atoms with Gasteiger partial charge >= 0.3 is 0 Å². The molecule has 0 atom stereocenters. The number of nitrogens with zero attached hydrogens (tertiary/aromatic N) is 1. The molecule has 0 aliphatic rings. The molecule has 0 saturated heterocycles. The molecule has 0 aliphatic carbocycles. The molecule has 0 aromatic carbocycles. The maximum Gasteiger partial charge on any atom is 0.103 e. The van der Waals surface area contributed by atoms with Crippen molar-refractivity contribution >= 4 is 39.0 Å². The molecule has 0 radical (unpaired) electrons. The number of thiazole rings is 1. The van der Waals surface area contributed by atoms with E-state index in [4.69, 9.17) is 0 Å². The fourth-order valence-corrected chi connectivity index (χ4v) is 3.26. The molecule has 0 aliphatic heterocycles. The Hall–Kier alpha value is 0.460. The van der Waals surface area contributed by atoms with Crippen molar-refractivity contribution in [1.29, 1.82) is 0 Å². The van der Waals surface area contributed by atoms with E-state index in [1.54, 1.807) is 0 Å². The second-order valence-corrected chi connectivity index (χ2v) is 5.39. The van der Waals surface area contributed by atoms with Gasteiger partial charge in [0.15, 0.2) is 0 Å². The lowest BCUT2D eigenvalue weighted by atomic mass is 10.4. The maximum absolute atomic E-state index is 4.49. The van der Waals surface area contributed by atoms with Gasteiger partial charge in [-0.1, -0.05) is 22.9 Å². The maximum atomic E-state index is 4.49. The van der Waals surface area contributed by atoms with Crippen LogP contribution in [0.25, 0.3) is 0 Å². The Morgan fingerprint density at radius 2 is 2.33 bits per heavy atom. The third-order valence-corrected chi connectivity index (χ3v) is 4.65. The van der Waals surface area contributed by atoms with Gasteiger partial charge in [-0.3, -0.25) is 0 Å². The van der Waals surface area contributed by atoms with Crippen LogP contribution in [-0.4, -0.2) is 10.7 Å². The summed E-state index contributed by atoms with van der Waals surface area (Å²) in [6.07, 6.45) is 0. The second-order valence-electron chi connectivity index (χ2n) is 2.39. The quantitative estimate of drug-likeness (QED) is 0.772. The van der Waals surface area contributed by atoms with Crippen LogP contribution < -0.4 is 0 Å². The fourth-order valence-electron chi connectivity index (χ4n) is 0.863. The Morgan fingerprint density at radius 3 is 2.83 bits per heavy atom. The van der Waals surface area contributed by atoms with E-state index in [1.165, 1.54) is 21.3 Å². The predicted octanol–water partition coefficient (Wildman–Crippen LogP) is 3.60. The van der Waals surface area contributed by atoms with Crippen LogP contribution in [0.2, 0.25) is 0 Å². The highest BCUT2D eigenvalue weighted by atomic mass is 79.9. The summed E-state index contributed by atoms with van der Waals surface area (Å²) < 4.78 is 0. The highest BCUT2D eigenvalue weighted by Gasteiger charge is 2.05. The molecule has 0 bridgehead atoms. The van der Waals surface area contributed by atoms with Gasteiger partial charge in [0.25, 0.3) is 0 Å². The molecule has 12 heavy (non-hydrogen) atoms. The number of aromatic nitrogens is 1. The summed E-state index contributed by atoms with van der Waals surface area (Å²) in [5.74, 6) is 2.23. The second kappa shape index (κ2) is 5.25. The Balaban J connectivity index is 2.62. The first-order valence-corrected chi connectivity index (χ1v) is 6.96. The SMILES string of the molecule is CCSCc1nc(C)c(CBr)s1. The Labute approximate surface area is 90.1 Å². The minimum Gasteiger partial charge on any atom is -0.245 e. The number of aryl methyl sites for hydroxylation is 1. The van der Waals surface area contributed by atoms with Crippen LogP contribution >= 0.6 is 39.0 Å². The molecule has 1 heterocycles. The van der Waals surface area contributed by atoms with E-state index in [-0.39, 0.29) is 0 Å². The highest BCUT2D eigenvalue weighted by Crippen LogP contribution is 2.23. The smallest absolute Gasteiger partial charge is 0.103 e. The lowest BCUT2D eigenvalue weighted by Crippen LogP contribution is -1.79. The number of thioether (sulfide) groups is 1. The number of hydrogen-bond acceptors (Lipinski definition) is 3. The predicted molar refractivity (Wildman–Crippen MR) is 61.3 cm³/mol. The van der Waals surface area contributed by atoms with E-state index in [1.807, 2.05) is 23.1 Å². The van der Waals surface area contributed by atoms with Crippen LogP contribution in [0, 0.1) is 6.92 Å². The summed E-state index contributed by atoms with van der Waals surface area (Å²) in [5, 5.41) is 2.20. The topological polar surface area (TPSA) is 12.9 Å². The van der Waals surface area contributed by atoms with Crippen LogP contribution in [0.15, 0.2) is 0 Å². The molecule has 0 amide bonds. The zero-order chi connectivity index (χ0) is 8.97. The Bertz CT molecular complexity index is 247. The van der Waals surface area contributed by atoms with Gasteiger partial charge < -0.3 is 0 Å². The molecule has 1 aromatic heterocycles. The molecule has 1 aromatic rings. The first-order chi connectivity index (χ1) is 5.77. The number of rotatable bonds is 4. The van der Waals surface area contributed by atoms with Crippen LogP contribution in [0.4, 0.5) is 0 Å². The third kappa shape index (κ3) is 2.75. The van der Waals surface area contributed by atoms with Crippen molar-refractivity contribution < 1.29 is 0 Å². The lowest BCUT2D eigenvalue weighted by Gasteiger charge is -1.90. The van der Waals surface area contributed by atoms with Gasteiger partial charge in [0, 0.05) is 16.0 Å². The Morgan fingerprint density at radius 1 is 1.58 bits per heavy atom. The molecular formula is C8H12BrNS2. The van der Waals surface area contributed by atoms with Crippen LogP contribution in [0.1, 0.15) is 22.5 Å². The first kappa shape index (κ1) is 10.5. The van der Waals surface area contributed by atoms with Gasteiger partial charge in [-0.05, 0) is 12.7 Å². The van der Waals surface area contributed by atoms with Gasteiger partial charge in [0.1, 0.15) is 5.01 Å². The number of halogens is 1. The summed E-state index contributed by atoms with van der Waals surface area (Å²) in [5.41, 5.74) is 1.18. The summed E-state index contributed by atoms with van der Waals surface area (Å²) in [7, 11) is 0. The van der Waals surface area contributed by atoms with Crippen molar-refractivity contribution in [1.82, 2.24) is 4.98 Å². The fraction of sp³-hybridized carbons (Fsp3) is 0.625. The first-order valence-electron chi connectivity index (χ1n) is 3.86. The van der Waals surface area contributed by atoms with E-state index in [2.05, 4.69) is 34.8 Å². The number of alkyl halides is 1. The van der Waals surface area contributed by atoms with Crippen molar-refractivity contribution in [3.63, 3.8) is 0 Å². The van der Waals surface area contributed by atoms with Crippen LogP contribution in [0.3, 0.4) is 0 Å². The van der Waals surface area contributed by atoms with E-state index in [0.29, 0.717) is 0 Å². The normalized spacial score (nSPS) is 10.6. The largest absolute Gasteiger partial charge is 0.245 e. The molecular weight excluding hydrogens is 254 g/mol. The Kier molecular flexibility index (Phi) is 4.61. The van der Waals surface area contributed by atoms with Gasteiger partial charge in [0.2, 0.25) is 0 Å². The number of hydrogen-bond donors (Lipinski definition) is 0. The molecule has 0 spiro atoms. The molecule has 1 rings (SSSR count). The van der Waals surface area contributed by atoms with Gasteiger partial charge in [-0.2, -0.15) is 11.8 Å². The standard InChI is InChI=1S/C8H12BrNS2/c1-3-11-5-8-10-6(2)7(4-9)12-8/h3-5H2,1-2H3.